The minimum Gasteiger partial charge on any atom is -0.477 e. The number of aromatic amines is 1. The van der Waals surface area contributed by atoms with Gasteiger partial charge in [-0.1, -0.05) is 12.1 Å². The van der Waals surface area contributed by atoms with Gasteiger partial charge >= 0.3 is 5.97 Å². The summed E-state index contributed by atoms with van der Waals surface area (Å²) in [5.41, 5.74) is 4.54. The van der Waals surface area contributed by atoms with Gasteiger partial charge in [-0.3, -0.25) is 10.4 Å². The van der Waals surface area contributed by atoms with Crippen LogP contribution in [0.2, 0.25) is 0 Å². The summed E-state index contributed by atoms with van der Waals surface area (Å²) >= 11 is 0. The zero-order valence-electron chi connectivity index (χ0n) is 12.1. The fourth-order valence-corrected chi connectivity index (χ4v) is 2.59. The van der Waals surface area contributed by atoms with E-state index in [1.807, 2.05) is 37.3 Å². The Morgan fingerprint density at radius 2 is 1.95 bits per heavy atom. The zero-order valence-corrected chi connectivity index (χ0v) is 12.1. The number of hydrogen-bond acceptors (Lipinski definition) is 3. The molecule has 0 spiro atoms. The zero-order chi connectivity index (χ0) is 15.7. The molecule has 5 heteroatoms. The Labute approximate surface area is 127 Å². The highest BCUT2D eigenvalue weighted by Gasteiger charge is 2.14. The lowest BCUT2D eigenvalue weighted by molar-refractivity contribution is -0.129. The maximum atomic E-state index is 10.9. The molecule has 0 atom stereocenters. The molecule has 1 aromatic carbocycles. The lowest BCUT2D eigenvalue weighted by atomic mass is 10.0. The topological polar surface area (TPSA) is 89.8 Å². The number of hydrogen-bond donors (Lipinski definition) is 3. The van der Waals surface area contributed by atoms with Crippen molar-refractivity contribution >= 4 is 22.6 Å². The Hall–Kier alpha value is -2.95. The van der Waals surface area contributed by atoms with E-state index in [0.717, 1.165) is 33.3 Å². The van der Waals surface area contributed by atoms with Crippen molar-refractivity contribution in [3.8, 4) is 11.1 Å². The van der Waals surface area contributed by atoms with Crippen molar-refractivity contribution in [1.82, 2.24) is 9.97 Å². The average Bonchev–Trinajstić information content (AvgIpc) is 2.83. The van der Waals surface area contributed by atoms with Crippen LogP contribution in [0.3, 0.4) is 0 Å². The van der Waals surface area contributed by atoms with Crippen molar-refractivity contribution in [1.29, 1.82) is 5.41 Å². The minimum atomic E-state index is -1.18. The first-order valence-electron chi connectivity index (χ1n) is 6.88. The van der Waals surface area contributed by atoms with Gasteiger partial charge in [0.05, 0.1) is 0 Å². The van der Waals surface area contributed by atoms with E-state index in [1.165, 1.54) is 0 Å². The third-order valence-corrected chi connectivity index (χ3v) is 3.74. The van der Waals surface area contributed by atoms with Crippen LogP contribution in [0.15, 0.2) is 42.7 Å². The minimum absolute atomic E-state index is 0.121. The third-order valence-electron chi connectivity index (χ3n) is 3.74. The maximum Gasteiger partial charge on any atom is 0.349 e. The molecule has 0 bridgehead atoms. The van der Waals surface area contributed by atoms with E-state index in [-0.39, 0.29) is 12.1 Å². The third kappa shape index (κ3) is 2.48. The Morgan fingerprint density at radius 3 is 2.64 bits per heavy atom. The molecule has 2 aromatic heterocycles. The van der Waals surface area contributed by atoms with Crippen LogP contribution in [0.5, 0.6) is 0 Å². The van der Waals surface area contributed by atoms with Gasteiger partial charge in [-0.25, -0.2) is 4.79 Å². The fraction of sp³-hybridized carbons (Fsp3) is 0.118. The van der Waals surface area contributed by atoms with Crippen molar-refractivity contribution < 1.29 is 9.90 Å². The number of nitrogens with zero attached hydrogens (tertiary/aromatic N) is 1. The van der Waals surface area contributed by atoms with Gasteiger partial charge in [0.25, 0.3) is 0 Å². The van der Waals surface area contributed by atoms with E-state index in [2.05, 4.69) is 9.97 Å². The van der Waals surface area contributed by atoms with Crippen molar-refractivity contribution in [2.24, 2.45) is 0 Å². The van der Waals surface area contributed by atoms with E-state index in [0.29, 0.717) is 0 Å². The van der Waals surface area contributed by atoms with Gasteiger partial charge in [-0.05, 0) is 41.8 Å². The standard InChI is InChI=1S/C17H15N3O2/c1-10-14(9-15(18)17(21)22)13-3-2-12(8-16(13)20-10)11-4-6-19-7-5-11/h2-8,18,20H,9H2,1H3,(H,21,22). The van der Waals surface area contributed by atoms with Crippen LogP contribution in [0.25, 0.3) is 22.0 Å². The Morgan fingerprint density at radius 1 is 1.23 bits per heavy atom. The van der Waals surface area contributed by atoms with Gasteiger partial charge in [0.15, 0.2) is 0 Å². The van der Waals surface area contributed by atoms with Gasteiger partial charge in [0.2, 0.25) is 0 Å². The van der Waals surface area contributed by atoms with E-state index in [1.54, 1.807) is 12.4 Å². The first kappa shape index (κ1) is 14.0. The number of aryl methyl sites for hydroxylation is 1. The number of rotatable bonds is 4. The number of pyridine rings is 1. The lowest BCUT2D eigenvalue weighted by Crippen LogP contribution is -2.14. The Kier molecular flexibility index (Phi) is 3.47. The second kappa shape index (κ2) is 5.44. The molecular formula is C17H15N3O2. The molecule has 0 aliphatic rings. The molecule has 0 fully saturated rings. The van der Waals surface area contributed by atoms with Gasteiger partial charge < -0.3 is 10.1 Å². The molecule has 0 saturated carbocycles. The second-order valence-electron chi connectivity index (χ2n) is 5.19. The summed E-state index contributed by atoms with van der Waals surface area (Å²) in [6.07, 6.45) is 3.62. The molecule has 0 aliphatic heterocycles. The number of carbonyl (C=O) groups is 1. The highest BCUT2D eigenvalue weighted by molar-refractivity contribution is 6.35. The van der Waals surface area contributed by atoms with E-state index < -0.39 is 5.97 Å². The van der Waals surface area contributed by atoms with Crippen molar-refractivity contribution in [2.75, 3.05) is 0 Å². The van der Waals surface area contributed by atoms with Crippen molar-refractivity contribution in [3.05, 3.63) is 54.0 Å². The number of benzene rings is 1. The number of carboxylic acids is 1. The number of aromatic nitrogens is 2. The summed E-state index contributed by atoms with van der Waals surface area (Å²) in [7, 11) is 0. The fourth-order valence-electron chi connectivity index (χ4n) is 2.59. The van der Waals surface area contributed by atoms with Gasteiger partial charge in [-0.2, -0.15) is 0 Å². The van der Waals surface area contributed by atoms with Crippen molar-refractivity contribution in [2.45, 2.75) is 13.3 Å². The molecule has 3 rings (SSSR count). The molecule has 3 N–H and O–H groups in total. The molecule has 0 saturated heterocycles. The monoisotopic (exact) mass is 293 g/mol. The molecule has 110 valence electrons. The number of carboxylic acid groups (broad SMARTS) is 1. The summed E-state index contributed by atoms with van der Waals surface area (Å²) in [6.45, 7) is 1.90. The highest BCUT2D eigenvalue weighted by atomic mass is 16.4. The van der Waals surface area contributed by atoms with Crippen LogP contribution in [0, 0.1) is 12.3 Å². The number of aliphatic carboxylic acids is 1. The van der Waals surface area contributed by atoms with Crippen LogP contribution in [-0.4, -0.2) is 26.8 Å². The van der Waals surface area contributed by atoms with E-state index >= 15 is 0 Å². The molecule has 3 aromatic rings. The average molecular weight is 293 g/mol. The van der Waals surface area contributed by atoms with Gasteiger partial charge in [0, 0.05) is 35.4 Å². The predicted molar refractivity (Wildman–Crippen MR) is 85.3 cm³/mol. The normalized spacial score (nSPS) is 10.8. The molecule has 0 amide bonds. The number of fused-ring (bicyclic) bond motifs is 1. The lowest BCUT2D eigenvalue weighted by Gasteiger charge is -2.03. The van der Waals surface area contributed by atoms with Gasteiger partial charge in [-0.15, -0.1) is 0 Å². The largest absolute Gasteiger partial charge is 0.477 e. The maximum absolute atomic E-state index is 10.9. The first-order chi connectivity index (χ1) is 10.6. The van der Waals surface area contributed by atoms with Crippen molar-refractivity contribution in [3.63, 3.8) is 0 Å². The Balaban J connectivity index is 2.05. The molecule has 0 unspecified atom stereocenters. The molecule has 5 nitrogen and oxygen atoms in total. The molecule has 0 radical (unpaired) electrons. The van der Waals surface area contributed by atoms with Crippen LogP contribution >= 0.6 is 0 Å². The smallest absolute Gasteiger partial charge is 0.349 e. The highest BCUT2D eigenvalue weighted by Crippen LogP contribution is 2.28. The summed E-state index contributed by atoms with van der Waals surface area (Å²) in [4.78, 5) is 18.2. The predicted octanol–water partition coefficient (Wildman–Crippen LogP) is 3.19. The SMILES string of the molecule is Cc1[nH]c2cc(-c3ccncc3)ccc2c1CC(=N)C(=O)O. The summed E-state index contributed by atoms with van der Waals surface area (Å²) in [5, 5.41) is 17.4. The quantitative estimate of drug-likeness (QED) is 0.645. The van der Waals surface area contributed by atoms with Gasteiger partial charge in [0.1, 0.15) is 5.71 Å². The molecule has 0 aliphatic carbocycles. The molecule has 2 heterocycles. The van der Waals surface area contributed by atoms with Crippen LogP contribution < -0.4 is 0 Å². The summed E-state index contributed by atoms with van der Waals surface area (Å²) in [6, 6.07) is 9.89. The van der Waals surface area contributed by atoms with Crippen LogP contribution in [-0.2, 0) is 11.2 Å². The van der Waals surface area contributed by atoms with Crippen LogP contribution in [0.4, 0.5) is 0 Å². The van der Waals surface area contributed by atoms with E-state index in [4.69, 9.17) is 10.5 Å². The van der Waals surface area contributed by atoms with E-state index in [9.17, 15) is 4.79 Å². The first-order valence-corrected chi connectivity index (χ1v) is 6.88. The molecule has 22 heavy (non-hydrogen) atoms. The summed E-state index contributed by atoms with van der Waals surface area (Å²) in [5.74, 6) is -1.18. The summed E-state index contributed by atoms with van der Waals surface area (Å²) < 4.78 is 0. The number of nitrogens with one attached hydrogen (secondary N) is 2. The second-order valence-corrected chi connectivity index (χ2v) is 5.19. The Bertz CT molecular complexity index is 866. The number of H-pyrrole nitrogens is 1. The van der Waals surface area contributed by atoms with Crippen LogP contribution in [0.1, 0.15) is 11.3 Å². The molecular weight excluding hydrogens is 278 g/mol.